The van der Waals surface area contributed by atoms with Gasteiger partial charge in [0.25, 0.3) is 0 Å². The number of aromatic nitrogens is 1. The smallest absolute Gasteiger partial charge is 0.178 e. The van der Waals surface area contributed by atoms with E-state index in [0.29, 0.717) is 6.42 Å². The van der Waals surface area contributed by atoms with E-state index in [0.717, 1.165) is 50.4 Å². The Hall–Kier alpha value is -2.92. The van der Waals surface area contributed by atoms with Gasteiger partial charge in [0, 0.05) is 61.4 Å². The van der Waals surface area contributed by atoms with Crippen LogP contribution in [0.4, 0.5) is 11.4 Å². The Morgan fingerprint density at radius 3 is 2.79 bits per heavy atom. The van der Waals surface area contributed by atoms with Crippen molar-refractivity contribution in [1.82, 2.24) is 9.88 Å². The van der Waals surface area contributed by atoms with E-state index in [1.54, 1.807) is 0 Å². The van der Waals surface area contributed by atoms with Gasteiger partial charge in [0.2, 0.25) is 0 Å². The third kappa shape index (κ3) is 3.70. The minimum absolute atomic E-state index is 0.0957. The maximum absolute atomic E-state index is 11.6. The Bertz CT molecular complexity index is 1090. The van der Waals surface area contributed by atoms with E-state index in [9.17, 15) is 4.79 Å². The number of carbonyl (C=O) groups is 1. The molecule has 0 unspecified atom stereocenters. The van der Waals surface area contributed by atoms with Crippen molar-refractivity contribution in [2.24, 2.45) is 4.99 Å². The van der Waals surface area contributed by atoms with Crippen molar-refractivity contribution < 1.29 is 4.79 Å². The van der Waals surface area contributed by atoms with Crippen LogP contribution in [0.2, 0.25) is 0 Å². The molecule has 1 N–H and O–H groups in total. The summed E-state index contributed by atoms with van der Waals surface area (Å²) in [4.78, 5) is 24.3. The van der Waals surface area contributed by atoms with Gasteiger partial charge in [0.1, 0.15) is 0 Å². The molecule has 2 aliphatic rings. The second kappa shape index (κ2) is 7.48. The number of aliphatic imine (C=N–C) groups is 1. The zero-order chi connectivity index (χ0) is 19.8. The summed E-state index contributed by atoms with van der Waals surface area (Å²) in [6.07, 6.45) is 2.93. The molecule has 0 atom stereocenters. The van der Waals surface area contributed by atoms with Crippen LogP contribution in [0.5, 0.6) is 0 Å². The molecule has 29 heavy (non-hydrogen) atoms. The Morgan fingerprint density at radius 2 is 1.93 bits per heavy atom. The number of Topliss-reactive ketones (excluding diaryl/α,β-unsaturated/α-hetero) is 1. The van der Waals surface area contributed by atoms with E-state index in [-0.39, 0.29) is 5.78 Å². The maximum atomic E-state index is 11.6. The largest absolute Gasteiger partial charge is 0.368 e. The first-order chi connectivity index (χ1) is 14.2. The molecule has 5 rings (SSSR count). The lowest BCUT2D eigenvalue weighted by molar-refractivity contribution is -0.112. The molecular weight excluding hydrogens is 360 g/mol. The number of aromatic amines is 1. The highest BCUT2D eigenvalue weighted by Crippen LogP contribution is 2.28. The van der Waals surface area contributed by atoms with Crippen molar-refractivity contribution in [3.63, 3.8) is 0 Å². The highest BCUT2D eigenvalue weighted by molar-refractivity contribution is 6.29. The molecule has 148 valence electrons. The summed E-state index contributed by atoms with van der Waals surface area (Å²) < 4.78 is 0. The number of ketones is 1. The van der Waals surface area contributed by atoms with Crippen molar-refractivity contribution in [3.8, 4) is 0 Å². The second-order valence-electron chi connectivity index (χ2n) is 8.13. The molecule has 0 radical (unpaired) electrons. The van der Waals surface area contributed by atoms with Gasteiger partial charge in [0.05, 0.1) is 11.9 Å². The average Bonchev–Trinajstić information content (AvgIpc) is 3.12. The number of fused-ring (bicyclic) bond motifs is 2. The molecular formula is C24H26N4O. The topological polar surface area (TPSA) is 51.7 Å². The molecule has 3 heterocycles. The van der Waals surface area contributed by atoms with Gasteiger partial charge in [-0.25, -0.2) is 0 Å². The van der Waals surface area contributed by atoms with Gasteiger partial charge in [-0.05, 0) is 48.7 Å². The Labute approximate surface area is 171 Å². The van der Waals surface area contributed by atoms with Crippen LogP contribution >= 0.6 is 0 Å². The van der Waals surface area contributed by atoms with Crippen LogP contribution in [0.1, 0.15) is 16.8 Å². The minimum Gasteiger partial charge on any atom is -0.368 e. The van der Waals surface area contributed by atoms with Crippen LogP contribution in [0.3, 0.4) is 0 Å². The standard InChI is InChI=1S/C24H26N4O/c1-17-13-21-23(26-17)3-2-4-24(21)28-11-9-27(10-12-28)8-7-18-5-6-22-19(14-18)15-20(29)16-25-22/h2-6,13-14,16,26H,7-12,15H2,1H3. The van der Waals surface area contributed by atoms with Crippen molar-refractivity contribution >= 4 is 34.3 Å². The summed E-state index contributed by atoms with van der Waals surface area (Å²) in [5, 5.41) is 1.32. The van der Waals surface area contributed by atoms with Crippen LogP contribution in [-0.4, -0.2) is 54.6 Å². The molecule has 0 spiro atoms. The number of piperazine rings is 1. The Morgan fingerprint density at radius 1 is 1.07 bits per heavy atom. The Kier molecular flexibility index (Phi) is 4.68. The van der Waals surface area contributed by atoms with Crippen LogP contribution in [-0.2, 0) is 17.6 Å². The van der Waals surface area contributed by atoms with E-state index < -0.39 is 0 Å². The van der Waals surface area contributed by atoms with Crippen molar-refractivity contribution in [3.05, 3.63) is 59.3 Å². The Balaban J connectivity index is 1.20. The monoisotopic (exact) mass is 386 g/mol. The number of H-pyrrole nitrogens is 1. The molecule has 0 aliphatic carbocycles. The number of aryl methyl sites for hydroxylation is 1. The van der Waals surface area contributed by atoms with Crippen molar-refractivity contribution in [1.29, 1.82) is 0 Å². The van der Waals surface area contributed by atoms with E-state index in [1.807, 2.05) is 6.07 Å². The summed E-state index contributed by atoms with van der Waals surface area (Å²) >= 11 is 0. The first-order valence-electron chi connectivity index (χ1n) is 10.4. The third-order valence-electron chi connectivity index (χ3n) is 6.06. The zero-order valence-electron chi connectivity index (χ0n) is 16.8. The fourth-order valence-electron chi connectivity index (χ4n) is 4.49. The first kappa shape index (κ1) is 18.1. The highest BCUT2D eigenvalue weighted by atomic mass is 16.1. The normalized spacial score (nSPS) is 17.1. The second-order valence-corrected chi connectivity index (χ2v) is 8.13. The van der Waals surface area contributed by atoms with E-state index >= 15 is 0 Å². The quantitative estimate of drug-likeness (QED) is 0.744. The van der Waals surface area contributed by atoms with Gasteiger partial charge in [-0.1, -0.05) is 18.2 Å². The molecule has 0 amide bonds. The molecule has 2 aromatic carbocycles. The summed E-state index contributed by atoms with van der Waals surface area (Å²) in [6.45, 7) is 7.43. The number of rotatable bonds is 4. The SMILES string of the molecule is Cc1cc2c(N3CCN(CCc4ccc5c(c4)CC(=O)C=N5)CC3)cccc2[nH]1. The molecule has 5 heteroatoms. The fourth-order valence-corrected chi connectivity index (χ4v) is 4.49. The number of nitrogens with zero attached hydrogens (tertiary/aromatic N) is 3. The van der Waals surface area contributed by atoms with Crippen LogP contribution < -0.4 is 4.90 Å². The average molecular weight is 386 g/mol. The summed E-state index contributed by atoms with van der Waals surface area (Å²) in [7, 11) is 0. The minimum atomic E-state index is 0.0957. The van der Waals surface area contributed by atoms with Gasteiger partial charge in [-0.15, -0.1) is 0 Å². The number of hydrogen-bond acceptors (Lipinski definition) is 4. The number of hydrogen-bond donors (Lipinski definition) is 1. The van der Waals surface area contributed by atoms with Gasteiger partial charge < -0.3 is 9.88 Å². The van der Waals surface area contributed by atoms with Crippen LogP contribution in [0, 0.1) is 6.92 Å². The molecule has 5 nitrogen and oxygen atoms in total. The lowest BCUT2D eigenvalue weighted by atomic mass is 10.00. The number of anilines is 1. The van der Waals surface area contributed by atoms with Crippen LogP contribution in [0.25, 0.3) is 10.9 Å². The summed E-state index contributed by atoms with van der Waals surface area (Å²) in [6, 6.07) is 15.1. The van der Waals surface area contributed by atoms with Crippen LogP contribution in [0.15, 0.2) is 47.5 Å². The summed E-state index contributed by atoms with van der Waals surface area (Å²) in [5.41, 5.74) is 7.07. The fraction of sp³-hybridized carbons (Fsp3) is 0.333. The molecule has 1 aromatic heterocycles. The molecule has 2 aliphatic heterocycles. The first-order valence-corrected chi connectivity index (χ1v) is 10.4. The van der Waals surface area contributed by atoms with Gasteiger partial charge in [-0.2, -0.15) is 0 Å². The van der Waals surface area contributed by atoms with Crippen molar-refractivity contribution in [2.75, 3.05) is 37.6 Å². The predicted octanol–water partition coefficient (Wildman–Crippen LogP) is 3.67. The van der Waals surface area contributed by atoms with E-state index in [4.69, 9.17) is 0 Å². The molecule has 0 bridgehead atoms. The molecule has 3 aromatic rings. The zero-order valence-corrected chi connectivity index (χ0v) is 16.8. The maximum Gasteiger partial charge on any atom is 0.178 e. The molecule has 1 saturated heterocycles. The molecule has 1 fully saturated rings. The molecule has 0 saturated carbocycles. The van der Waals surface area contributed by atoms with E-state index in [1.165, 1.54) is 34.1 Å². The predicted molar refractivity (Wildman–Crippen MR) is 119 cm³/mol. The van der Waals surface area contributed by atoms with E-state index in [2.05, 4.69) is 63.1 Å². The van der Waals surface area contributed by atoms with Crippen molar-refractivity contribution in [2.45, 2.75) is 19.8 Å². The van der Waals surface area contributed by atoms with Gasteiger partial charge in [0.15, 0.2) is 5.78 Å². The third-order valence-corrected chi connectivity index (χ3v) is 6.06. The lowest BCUT2D eigenvalue weighted by Crippen LogP contribution is -2.47. The van der Waals surface area contributed by atoms with Gasteiger partial charge in [-0.3, -0.25) is 14.7 Å². The highest BCUT2D eigenvalue weighted by Gasteiger charge is 2.19. The van der Waals surface area contributed by atoms with Gasteiger partial charge >= 0.3 is 0 Å². The number of carbonyl (C=O) groups excluding carboxylic acids is 1. The lowest BCUT2D eigenvalue weighted by Gasteiger charge is -2.36. The number of benzene rings is 2. The summed E-state index contributed by atoms with van der Waals surface area (Å²) in [5.74, 6) is 0.0957. The number of nitrogens with one attached hydrogen (secondary N) is 1.